The summed E-state index contributed by atoms with van der Waals surface area (Å²) in [4.78, 5) is 35.9. The molecular formula is C17H25ClN7O6P. The molecule has 0 saturated carbocycles. The zero-order chi connectivity index (χ0) is 22.6. The highest BCUT2D eigenvalue weighted by atomic mass is 35.5. The number of aliphatic hydroxyl groups excluding tert-OH is 2. The maximum Gasteiger partial charge on any atom is 0.325 e. The Morgan fingerprint density at radius 3 is 2.59 bits per heavy atom. The largest absolute Gasteiger partial charge is 0.388 e. The molecule has 2 aromatic rings. The van der Waals surface area contributed by atoms with Gasteiger partial charge >= 0.3 is 7.60 Å². The Morgan fingerprint density at radius 2 is 1.94 bits per heavy atom. The van der Waals surface area contributed by atoms with E-state index in [4.69, 9.17) is 26.1 Å². The first-order chi connectivity index (χ1) is 15.2. The average Bonchev–Trinajstić information content (AvgIpc) is 3.28. The predicted molar refractivity (Wildman–Crippen MR) is 113 cm³/mol. The van der Waals surface area contributed by atoms with E-state index >= 15 is 0 Å². The van der Waals surface area contributed by atoms with Gasteiger partial charge in [0.25, 0.3) is 0 Å². The number of hydrogen-bond donors (Lipinski definition) is 5. The number of nitrogens with zero attached hydrogens (tertiary/aromatic N) is 6. The summed E-state index contributed by atoms with van der Waals surface area (Å²) in [6, 6.07) is 0. The van der Waals surface area contributed by atoms with Gasteiger partial charge in [-0.2, -0.15) is 9.97 Å². The fourth-order valence-corrected chi connectivity index (χ4v) is 5.34. The van der Waals surface area contributed by atoms with Crippen molar-refractivity contribution in [2.75, 3.05) is 44.2 Å². The quantitative estimate of drug-likeness (QED) is 0.249. The SMILES string of the molecule is O=P(O)(O)CC[C@H]1O[C@@H](n2cnc3c(NC4CN5CCN4CC5)nc(Cl)nc32)[C@@H](O)C1O. The molecule has 5 atom stereocenters. The smallest absolute Gasteiger partial charge is 0.325 e. The van der Waals surface area contributed by atoms with Gasteiger partial charge in [-0.1, -0.05) is 0 Å². The van der Waals surface area contributed by atoms with Crippen molar-refractivity contribution in [2.45, 2.75) is 37.1 Å². The van der Waals surface area contributed by atoms with E-state index in [1.54, 1.807) is 0 Å². The Morgan fingerprint density at radius 1 is 1.19 bits per heavy atom. The van der Waals surface area contributed by atoms with Crippen LogP contribution in [-0.2, 0) is 9.30 Å². The number of rotatable bonds is 6. The van der Waals surface area contributed by atoms with Crippen LogP contribution in [0.25, 0.3) is 11.2 Å². The number of imidazole rings is 1. The van der Waals surface area contributed by atoms with Crippen LogP contribution in [0.15, 0.2) is 6.33 Å². The number of aromatic nitrogens is 4. The molecule has 4 aliphatic heterocycles. The van der Waals surface area contributed by atoms with Crippen molar-refractivity contribution in [3.63, 3.8) is 0 Å². The first-order valence-corrected chi connectivity index (χ1v) is 12.6. The summed E-state index contributed by atoms with van der Waals surface area (Å²) >= 11 is 6.18. The third-order valence-electron chi connectivity index (χ3n) is 6.29. The number of fused-ring (bicyclic) bond motifs is 4. The molecule has 6 rings (SSSR count). The highest BCUT2D eigenvalue weighted by molar-refractivity contribution is 7.51. The Hall–Kier alpha value is -1.41. The lowest BCUT2D eigenvalue weighted by Crippen LogP contribution is -2.63. The van der Waals surface area contributed by atoms with Gasteiger partial charge in [0.2, 0.25) is 5.28 Å². The minimum atomic E-state index is -4.26. The molecule has 2 unspecified atom stereocenters. The monoisotopic (exact) mass is 489 g/mol. The zero-order valence-electron chi connectivity index (χ0n) is 17.0. The van der Waals surface area contributed by atoms with Crippen molar-refractivity contribution in [1.29, 1.82) is 0 Å². The molecule has 15 heteroatoms. The molecular weight excluding hydrogens is 465 g/mol. The van der Waals surface area contributed by atoms with Crippen molar-refractivity contribution in [2.24, 2.45) is 0 Å². The van der Waals surface area contributed by atoms with Gasteiger partial charge in [0.15, 0.2) is 23.2 Å². The molecule has 6 heterocycles. The van der Waals surface area contributed by atoms with E-state index in [0.29, 0.717) is 17.0 Å². The third kappa shape index (κ3) is 4.25. The maximum atomic E-state index is 11.2. The fraction of sp³-hybridized carbons (Fsp3) is 0.706. The minimum Gasteiger partial charge on any atom is -0.388 e. The molecule has 0 aromatic carbocycles. The van der Waals surface area contributed by atoms with Gasteiger partial charge in [-0.15, -0.1) is 0 Å². The molecule has 2 bridgehead atoms. The standard InChI is InChI=1S/C17H25ClN7O6P/c18-17-21-14(20-10-7-23-2-4-24(10)5-3-23)11-15(22-17)25(8-19-11)16-13(27)12(26)9(31-16)1-6-32(28,29)30/h8-10,12-13,16,26-27H,1-7H2,(H,20,21,22)(H2,28,29,30)/t9-,10?,12?,13+,16-/m1/s1. The Labute approximate surface area is 188 Å². The van der Waals surface area contributed by atoms with Crippen LogP contribution in [0.2, 0.25) is 5.28 Å². The van der Waals surface area contributed by atoms with E-state index in [0.717, 1.165) is 32.7 Å². The number of aliphatic hydroxyl groups is 2. The summed E-state index contributed by atoms with van der Waals surface area (Å²) < 4.78 is 18.4. The van der Waals surface area contributed by atoms with Gasteiger partial charge in [0.1, 0.15) is 12.2 Å². The molecule has 0 aliphatic carbocycles. The van der Waals surface area contributed by atoms with Crippen LogP contribution in [0, 0.1) is 0 Å². The Bertz CT molecular complexity index is 1040. The fourth-order valence-electron chi connectivity index (χ4n) is 4.58. The van der Waals surface area contributed by atoms with Crippen LogP contribution >= 0.6 is 19.2 Å². The molecule has 4 fully saturated rings. The summed E-state index contributed by atoms with van der Waals surface area (Å²) in [6.07, 6.45) is -3.75. The first kappa shape index (κ1) is 22.4. The Kier molecular flexibility index (Phi) is 5.89. The molecule has 2 aromatic heterocycles. The summed E-state index contributed by atoms with van der Waals surface area (Å²) in [7, 11) is -4.26. The summed E-state index contributed by atoms with van der Waals surface area (Å²) in [5, 5.41) is 24.3. The number of hydrogen-bond acceptors (Lipinski definition) is 10. The normalized spacial score (nSPS) is 35.0. The molecule has 32 heavy (non-hydrogen) atoms. The van der Waals surface area contributed by atoms with Crippen LogP contribution in [0.5, 0.6) is 0 Å². The van der Waals surface area contributed by atoms with Crippen molar-refractivity contribution >= 4 is 36.2 Å². The van der Waals surface area contributed by atoms with Crippen molar-refractivity contribution in [1.82, 2.24) is 29.3 Å². The van der Waals surface area contributed by atoms with Gasteiger partial charge in [-0.05, 0) is 18.0 Å². The maximum absolute atomic E-state index is 11.2. The second kappa shape index (κ2) is 8.42. The van der Waals surface area contributed by atoms with Gasteiger partial charge in [-0.3, -0.25) is 18.9 Å². The van der Waals surface area contributed by atoms with Gasteiger partial charge in [0, 0.05) is 32.7 Å². The van der Waals surface area contributed by atoms with Crippen molar-refractivity contribution in [3.05, 3.63) is 11.6 Å². The van der Waals surface area contributed by atoms with Crippen LogP contribution in [0.1, 0.15) is 12.6 Å². The second-order valence-corrected chi connectivity index (χ2v) is 10.5. The lowest BCUT2D eigenvalue weighted by Gasteiger charge is -2.47. The topological polar surface area (TPSA) is 169 Å². The van der Waals surface area contributed by atoms with Crippen LogP contribution in [0.4, 0.5) is 5.82 Å². The van der Waals surface area contributed by atoms with Gasteiger partial charge in [-0.25, -0.2) is 4.98 Å². The number of ether oxygens (including phenoxy) is 1. The van der Waals surface area contributed by atoms with E-state index in [2.05, 4.69) is 30.1 Å². The van der Waals surface area contributed by atoms with E-state index in [9.17, 15) is 14.8 Å². The lowest BCUT2D eigenvalue weighted by molar-refractivity contribution is -0.0355. The third-order valence-corrected chi connectivity index (χ3v) is 7.30. The van der Waals surface area contributed by atoms with Crippen molar-refractivity contribution in [3.8, 4) is 0 Å². The van der Waals surface area contributed by atoms with E-state index in [1.165, 1.54) is 10.9 Å². The van der Waals surface area contributed by atoms with E-state index < -0.39 is 38.3 Å². The van der Waals surface area contributed by atoms with E-state index in [1.807, 2.05) is 0 Å². The number of anilines is 1. The van der Waals surface area contributed by atoms with Gasteiger partial charge < -0.3 is 30.1 Å². The number of halogens is 1. The summed E-state index contributed by atoms with van der Waals surface area (Å²) in [5.74, 6) is 0.462. The second-order valence-electron chi connectivity index (χ2n) is 8.39. The van der Waals surface area contributed by atoms with Crippen LogP contribution in [0.3, 0.4) is 0 Å². The summed E-state index contributed by atoms with van der Waals surface area (Å²) in [5.41, 5.74) is 0.756. The van der Waals surface area contributed by atoms with Crippen LogP contribution < -0.4 is 5.32 Å². The zero-order valence-corrected chi connectivity index (χ0v) is 18.7. The Balaban J connectivity index is 1.40. The lowest BCUT2D eigenvalue weighted by atomic mass is 10.1. The van der Waals surface area contributed by atoms with Gasteiger partial charge in [0.05, 0.1) is 24.8 Å². The molecule has 13 nitrogen and oxygen atoms in total. The molecule has 0 amide bonds. The average molecular weight is 490 g/mol. The highest BCUT2D eigenvalue weighted by Gasteiger charge is 2.45. The van der Waals surface area contributed by atoms with E-state index in [-0.39, 0.29) is 17.9 Å². The molecule has 4 saturated heterocycles. The first-order valence-electron chi connectivity index (χ1n) is 10.4. The summed E-state index contributed by atoms with van der Waals surface area (Å²) in [6.45, 7) is 4.85. The molecule has 4 aliphatic rings. The molecule has 0 spiro atoms. The number of nitrogens with one attached hydrogen (secondary N) is 1. The van der Waals surface area contributed by atoms with Crippen LogP contribution in [-0.4, -0.2) is 113 Å². The molecule has 0 radical (unpaired) electrons. The molecule has 5 N–H and O–H groups in total. The minimum absolute atomic E-state index is 0.0101. The number of piperazine rings is 3. The molecule has 176 valence electrons. The predicted octanol–water partition coefficient (Wildman–Crippen LogP) is -0.964. The van der Waals surface area contributed by atoms with Crippen molar-refractivity contribution < 1.29 is 29.3 Å². The highest BCUT2D eigenvalue weighted by Crippen LogP contribution is 2.39.